The third kappa shape index (κ3) is 7.02. The SMILES string of the molecule is CC[C@H]1CN2CC[C@]3(C(=O)N(CCCCCCCCOc4ccc(CO)c(OC)c4)c4ccccc43)[C@@H]2C[C@@H]1/C(=C\OC)C(=O)OC. The summed E-state index contributed by atoms with van der Waals surface area (Å²) in [5.74, 6) is 1.52. The highest BCUT2D eigenvalue weighted by Gasteiger charge is 2.62. The second-order valence-electron chi connectivity index (χ2n) is 13.1. The van der Waals surface area contributed by atoms with Gasteiger partial charge in [0.05, 0.1) is 51.8 Å². The minimum Gasteiger partial charge on any atom is -0.504 e. The van der Waals surface area contributed by atoms with Gasteiger partial charge in [0.25, 0.3) is 0 Å². The number of amides is 1. The molecule has 5 rings (SSSR count). The summed E-state index contributed by atoms with van der Waals surface area (Å²) in [6.45, 7) is 5.22. The van der Waals surface area contributed by atoms with Gasteiger partial charge in [-0.2, -0.15) is 0 Å². The Morgan fingerprint density at radius 3 is 2.53 bits per heavy atom. The molecule has 47 heavy (non-hydrogen) atoms. The minimum atomic E-state index is -0.593. The number of carbonyl (C=O) groups is 2. The molecule has 9 heteroatoms. The van der Waals surface area contributed by atoms with E-state index in [-0.39, 0.29) is 30.4 Å². The summed E-state index contributed by atoms with van der Waals surface area (Å²) >= 11 is 0. The van der Waals surface area contributed by atoms with Crippen LogP contribution in [0.15, 0.2) is 54.3 Å². The summed E-state index contributed by atoms with van der Waals surface area (Å²) in [6, 6.07) is 13.9. The molecule has 3 aliphatic heterocycles. The Bertz CT molecular complexity index is 1410. The molecule has 2 saturated heterocycles. The van der Waals surface area contributed by atoms with Crippen LogP contribution in [-0.4, -0.2) is 75.5 Å². The van der Waals surface area contributed by atoms with E-state index in [4.69, 9.17) is 18.9 Å². The number of aliphatic hydroxyl groups is 1. The van der Waals surface area contributed by atoms with Crippen molar-refractivity contribution in [2.75, 3.05) is 52.5 Å². The van der Waals surface area contributed by atoms with Gasteiger partial charge in [-0.05, 0) is 67.8 Å². The maximum atomic E-state index is 14.6. The van der Waals surface area contributed by atoms with E-state index in [2.05, 4.69) is 34.9 Å². The number of ether oxygens (including phenoxy) is 4. The molecule has 2 aromatic rings. The van der Waals surface area contributed by atoms with Gasteiger partial charge in [-0.1, -0.05) is 57.2 Å². The lowest BCUT2D eigenvalue weighted by molar-refractivity contribution is -0.137. The number of hydrogen-bond acceptors (Lipinski definition) is 8. The van der Waals surface area contributed by atoms with Crippen LogP contribution < -0.4 is 14.4 Å². The second kappa shape index (κ2) is 16.0. The van der Waals surface area contributed by atoms with Crippen molar-refractivity contribution in [3.63, 3.8) is 0 Å². The number of anilines is 1. The monoisotopic (exact) mass is 648 g/mol. The topological polar surface area (TPSA) is 97.8 Å². The molecule has 2 fully saturated rings. The zero-order valence-electron chi connectivity index (χ0n) is 28.5. The van der Waals surface area contributed by atoms with Crippen molar-refractivity contribution in [3.05, 3.63) is 65.4 Å². The van der Waals surface area contributed by atoms with E-state index in [9.17, 15) is 14.7 Å². The predicted molar refractivity (Wildman–Crippen MR) is 182 cm³/mol. The fourth-order valence-electron chi connectivity index (χ4n) is 8.26. The van der Waals surface area contributed by atoms with Gasteiger partial charge in [-0.25, -0.2) is 4.79 Å². The third-order valence-corrected chi connectivity index (χ3v) is 10.7. The first kappa shape index (κ1) is 34.8. The molecule has 0 bridgehead atoms. The molecule has 3 aliphatic rings. The number of unbranched alkanes of at least 4 members (excludes halogenated alkanes) is 5. The van der Waals surface area contributed by atoms with Crippen LogP contribution in [0, 0.1) is 11.8 Å². The smallest absolute Gasteiger partial charge is 0.337 e. The molecule has 0 saturated carbocycles. The van der Waals surface area contributed by atoms with Crippen molar-refractivity contribution >= 4 is 17.6 Å². The number of esters is 1. The molecular weight excluding hydrogens is 596 g/mol. The van der Waals surface area contributed by atoms with Crippen molar-refractivity contribution in [2.45, 2.75) is 82.8 Å². The molecule has 4 atom stereocenters. The van der Waals surface area contributed by atoms with E-state index < -0.39 is 5.41 Å². The Morgan fingerprint density at radius 1 is 1.04 bits per heavy atom. The molecule has 1 spiro atoms. The molecule has 0 aliphatic carbocycles. The molecule has 9 nitrogen and oxygen atoms in total. The van der Waals surface area contributed by atoms with Gasteiger partial charge in [0.2, 0.25) is 5.91 Å². The van der Waals surface area contributed by atoms with E-state index in [1.54, 1.807) is 20.5 Å². The zero-order chi connectivity index (χ0) is 33.4. The first-order chi connectivity index (χ1) is 22.9. The van der Waals surface area contributed by atoms with Gasteiger partial charge in [-0.15, -0.1) is 0 Å². The van der Waals surface area contributed by atoms with Crippen LogP contribution in [0.3, 0.4) is 0 Å². The van der Waals surface area contributed by atoms with E-state index in [1.165, 1.54) is 7.11 Å². The van der Waals surface area contributed by atoms with Crippen LogP contribution in [0.5, 0.6) is 11.5 Å². The van der Waals surface area contributed by atoms with Crippen LogP contribution in [0.1, 0.15) is 75.8 Å². The molecule has 1 amide bonds. The number of aliphatic hydroxyl groups excluding tert-OH is 1. The predicted octanol–water partition coefficient (Wildman–Crippen LogP) is 6.02. The maximum Gasteiger partial charge on any atom is 0.337 e. The van der Waals surface area contributed by atoms with Gasteiger partial charge in [0, 0.05) is 36.4 Å². The highest BCUT2D eigenvalue weighted by molar-refractivity contribution is 6.09. The second-order valence-corrected chi connectivity index (χ2v) is 13.1. The minimum absolute atomic E-state index is 0.0229. The van der Waals surface area contributed by atoms with Crippen molar-refractivity contribution in [3.8, 4) is 11.5 Å². The Hall–Kier alpha value is -3.56. The summed E-state index contributed by atoms with van der Waals surface area (Å²) in [5.41, 5.74) is 2.92. The highest BCUT2D eigenvalue weighted by atomic mass is 16.5. The van der Waals surface area contributed by atoms with Crippen molar-refractivity contribution in [2.24, 2.45) is 11.8 Å². The third-order valence-electron chi connectivity index (χ3n) is 10.7. The van der Waals surface area contributed by atoms with E-state index in [0.717, 1.165) is 100.0 Å². The highest BCUT2D eigenvalue weighted by Crippen LogP contribution is 2.55. The summed E-state index contributed by atoms with van der Waals surface area (Å²) < 4.78 is 21.7. The zero-order valence-corrected chi connectivity index (χ0v) is 28.5. The van der Waals surface area contributed by atoms with Crippen LogP contribution in [0.25, 0.3) is 0 Å². The van der Waals surface area contributed by atoms with E-state index >= 15 is 0 Å². The van der Waals surface area contributed by atoms with Crippen molar-refractivity contribution in [1.29, 1.82) is 0 Å². The number of piperidine rings is 1. The number of rotatable bonds is 16. The normalized spacial score (nSPS) is 23.9. The molecule has 2 aromatic carbocycles. The van der Waals surface area contributed by atoms with Crippen molar-refractivity contribution < 1.29 is 33.6 Å². The number of nitrogens with zero attached hydrogens (tertiary/aromatic N) is 2. The standard InChI is InChI=1S/C38H52N2O7/c1-5-27-24-39-20-18-38(35(39)23-30(27)31(26-44-2)36(42)46-4)32-14-10-11-15-33(32)40(37(38)43)19-12-8-6-7-9-13-21-47-29-17-16-28(25-41)34(22-29)45-3/h10-11,14-17,22,26-27,30,35,41H,5-9,12-13,18-21,23-25H2,1-4H3/b31-26+/t27-,30-,35-,38+/m0/s1. The Kier molecular flexibility index (Phi) is 11.9. The van der Waals surface area contributed by atoms with E-state index in [0.29, 0.717) is 23.8 Å². The molecule has 1 N–H and O–H groups in total. The quantitative estimate of drug-likeness (QED) is 0.102. The first-order valence-corrected chi connectivity index (χ1v) is 17.3. The van der Waals surface area contributed by atoms with Crippen LogP contribution in [0.4, 0.5) is 5.69 Å². The maximum absolute atomic E-state index is 14.6. The Balaban J connectivity index is 1.16. The van der Waals surface area contributed by atoms with Crippen molar-refractivity contribution in [1.82, 2.24) is 4.90 Å². The lowest BCUT2D eigenvalue weighted by Gasteiger charge is -2.45. The number of methoxy groups -OCH3 is 3. The number of benzene rings is 2. The van der Waals surface area contributed by atoms with Crippen LogP contribution in [0.2, 0.25) is 0 Å². The van der Waals surface area contributed by atoms with Crippen LogP contribution in [-0.2, 0) is 31.1 Å². The number of para-hydroxylation sites is 1. The average molecular weight is 649 g/mol. The van der Waals surface area contributed by atoms with Gasteiger partial charge in [0.15, 0.2) is 0 Å². The van der Waals surface area contributed by atoms with Crippen LogP contribution >= 0.6 is 0 Å². The largest absolute Gasteiger partial charge is 0.504 e. The fraction of sp³-hybridized carbons (Fsp3) is 0.579. The lowest BCUT2D eigenvalue weighted by Crippen LogP contribution is -2.55. The fourth-order valence-corrected chi connectivity index (χ4v) is 8.26. The van der Waals surface area contributed by atoms with Gasteiger partial charge < -0.3 is 29.0 Å². The summed E-state index contributed by atoms with van der Waals surface area (Å²) in [7, 11) is 4.58. The Morgan fingerprint density at radius 2 is 1.81 bits per heavy atom. The molecule has 3 heterocycles. The van der Waals surface area contributed by atoms with Gasteiger partial charge in [0.1, 0.15) is 11.5 Å². The molecule has 256 valence electrons. The number of hydrogen-bond donors (Lipinski definition) is 1. The summed E-state index contributed by atoms with van der Waals surface area (Å²) in [6.07, 6.45) is 10.3. The van der Waals surface area contributed by atoms with Gasteiger partial charge >= 0.3 is 5.97 Å². The lowest BCUT2D eigenvalue weighted by atomic mass is 9.67. The number of fused-ring (bicyclic) bond motifs is 4. The molecule has 0 unspecified atom stereocenters. The number of carbonyl (C=O) groups excluding carboxylic acids is 2. The molecule has 0 aromatic heterocycles. The first-order valence-electron chi connectivity index (χ1n) is 17.3. The Labute approximate surface area is 279 Å². The summed E-state index contributed by atoms with van der Waals surface area (Å²) in [4.78, 5) is 32.0. The molecular formula is C38H52N2O7. The summed E-state index contributed by atoms with van der Waals surface area (Å²) in [5, 5.41) is 9.40. The van der Waals surface area contributed by atoms with E-state index in [1.807, 2.05) is 24.3 Å². The van der Waals surface area contributed by atoms with Gasteiger partial charge in [-0.3, -0.25) is 9.69 Å². The molecule has 0 radical (unpaired) electrons. The average Bonchev–Trinajstić information content (AvgIpc) is 3.60.